The first-order valence-electron chi connectivity index (χ1n) is 14.0. The molecule has 0 amide bonds. The van der Waals surface area contributed by atoms with Crippen LogP contribution in [0.15, 0.2) is 54.7 Å². The van der Waals surface area contributed by atoms with Crippen LogP contribution in [-0.2, 0) is 17.8 Å². The maximum absolute atomic E-state index is 11.6. The lowest BCUT2D eigenvalue weighted by Gasteiger charge is -2.30. The minimum atomic E-state index is 0.162. The molecule has 9 heteroatoms. The Morgan fingerprint density at radius 1 is 1.12 bits per heavy atom. The summed E-state index contributed by atoms with van der Waals surface area (Å²) in [5.74, 6) is 1.84. The zero-order chi connectivity index (χ0) is 27.8. The summed E-state index contributed by atoms with van der Waals surface area (Å²) in [5, 5.41) is 9.31. The van der Waals surface area contributed by atoms with Gasteiger partial charge in [0.1, 0.15) is 5.78 Å². The monoisotopic (exact) mass is 536 g/mol. The number of aromatic amines is 1. The van der Waals surface area contributed by atoms with Crippen LogP contribution in [0.3, 0.4) is 0 Å². The normalized spacial score (nSPS) is 14.5. The van der Waals surface area contributed by atoms with Crippen LogP contribution in [0.2, 0.25) is 0 Å². The summed E-state index contributed by atoms with van der Waals surface area (Å²) in [7, 11) is 0. The maximum Gasteiger partial charge on any atom is 0.230 e. The Balaban J connectivity index is 1.32. The molecule has 1 aliphatic heterocycles. The molecule has 1 saturated heterocycles. The third-order valence-electron chi connectivity index (χ3n) is 7.71. The summed E-state index contributed by atoms with van der Waals surface area (Å²) in [6.45, 7) is 8.20. The molecule has 0 radical (unpaired) electrons. The molecule has 0 aliphatic carbocycles. The fraction of sp³-hybridized carbons (Fsp3) is 0.355. The third kappa shape index (κ3) is 5.16. The summed E-state index contributed by atoms with van der Waals surface area (Å²) in [4.78, 5) is 27.3. The number of fused-ring (bicyclic) bond motifs is 2. The van der Waals surface area contributed by atoms with Gasteiger partial charge in [-0.1, -0.05) is 44.2 Å². The summed E-state index contributed by atoms with van der Waals surface area (Å²) < 4.78 is 1.82. The van der Waals surface area contributed by atoms with E-state index in [1.165, 1.54) is 0 Å². The van der Waals surface area contributed by atoms with Crippen LogP contribution in [0.25, 0.3) is 27.8 Å². The van der Waals surface area contributed by atoms with Crippen molar-refractivity contribution >= 4 is 34.2 Å². The van der Waals surface area contributed by atoms with Gasteiger partial charge < -0.3 is 20.9 Å². The Hall–Kier alpha value is -4.24. The highest BCUT2D eigenvalue weighted by Gasteiger charge is 2.22. The number of piperidine rings is 1. The van der Waals surface area contributed by atoms with Crippen LogP contribution in [0.5, 0.6) is 0 Å². The van der Waals surface area contributed by atoms with Gasteiger partial charge in [-0.25, -0.2) is 0 Å². The van der Waals surface area contributed by atoms with Crippen molar-refractivity contribution in [3.8, 4) is 11.3 Å². The van der Waals surface area contributed by atoms with Gasteiger partial charge in [0.2, 0.25) is 11.9 Å². The number of nitrogens with one attached hydrogen (secondary N) is 2. The quantitative estimate of drug-likeness (QED) is 0.254. The van der Waals surface area contributed by atoms with E-state index in [9.17, 15) is 4.79 Å². The Morgan fingerprint density at radius 2 is 1.93 bits per heavy atom. The second-order valence-electron chi connectivity index (χ2n) is 11.2. The van der Waals surface area contributed by atoms with Gasteiger partial charge in [0, 0.05) is 59.8 Å². The van der Waals surface area contributed by atoms with E-state index >= 15 is 0 Å². The molecular weight excluding hydrogens is 500 g/mol. The molecule has 0 atom stereocenters. The second kappa shape index (κ2) is 10.7. The number of aromatic nitrogens is 5. The summed E-state index contributed by atoms with van der Waals surface area (Å²) >= 11 is 0. The second-order valence-corrected chi connectivity index (χ2v) is 11.2. The van der Waals surface area contributed by atoms with E-state index in [1.807, 2.05) is 16.8 Å². The topological polar surface area (TPSA) is 117 Å². The van der Waals surface area contributed by atoms with Gasteiger partial charge in [-0.15, -0.1) is 0 Å². The lowest BCUT2D eigenvalue weighted by molar-refractivity contribution is -0.116. The molecule has 0 spiro atoms. The minimum absolute atomic E-state index is 0.162. The number of benzene rings is 2. The molecule has 1 fully saturated rings. The molecule has 0 bridgehead atoms. The van der Waals surface area contributed by atoms with Crippen molar-refractivity contribution in [3.63, 3.8) is 0 Å². The van der Waals surface area contributed by atoms with Gasteiger partial charge in [0.25, 0.3) is 0 Å². The Morgan fingerprint density at radius 3 is 2.70 bits per heavy atom. The average molecular weight is 537 g/mol. The van der Waals surface area contributed by atoms with Crippen molar-refractivity contribution in [2.24, 2.45) is 5.73 Å². The molecule has 40 heavy (non-hydrogen) atoms. The number of ketones is 1. The first kappa shape index (κ1) is 26.0. The maximum atomic E-state index is 11.6. The fourth-order valence-corrected chi connectivity index (χ4v) is 5.48. The van der Waals surface area contributed by atoms with Gasteiger partial charge in [-0.2, -0.15) is 19.6 Å². The minimum Gasteiger partial charge on any atom is -0.355 e. The highest BCUT2D eigenvalue weighted by molar-refractivity contribution is 5.88. The highest BCUT2D eigenvalue weighted by atomic mass is 16.1. The van der Waals surface area contributed by atoms with Crippen LogP contribution < -0.4 is 16.0 Å². The number of carbonyl (C=O) groups is 1. The molecule has 9 nitrogen and oxygen atoms in total. The zero-order valence-corrected chi connectivity index (χ0v) is 23.3. The molecule has 4 heterocycles. The van der Waals surface area contributed by atoms with E-state index in [2.05, 4.69) is 76.6 Å². The van der Waals surface area contributed by atoms with Gasteiger partial charge in [-0.3, -0.25) is 4.79 Å². The average Bonchev–Trinajstić information content (AvgIpc) is 3.56. The fourth-order valence-electron chi connectivity index (χ4n) is 5.48. The van der Waals surface area contributed by atoms with Gasteiger partial charge >= 0.3 is 0 Å². The molecule has 1 aliphatic rings. The first-order chi connectivity index (χ1) is 19.4. The van der Waals surface area contributed by atoms with Gasteiger partial charge in [0.05, 0.1) is 6.20 Å². The van der Waals surface area contributed by atoms with Crippen LogP contribution in [-0.4, -0.2) is 49.5 Å². The number of nitrogens with zero attached hydrogens (tertiary/aromatic N) is 5. The largest absolute Gasteiger partial charge is 0.355 e. The van der Waals surface area contributed by atoms with Gasteiger partial charge in [0.15, 0.2) is 5.65 Å². The Kier molecular flexibility index (Phi) is 6.98. The van der Waals surface area contributed by atoms with Crippen molar-refractivity contribution < 1.29 is 4.79 Å². The Labute approximate surface area is 233 Å². The SMILES string of the molecule is CC(=O)Cc1ccc2[nH]c(-c3ccccc3CNc3nc(N4CCC(N)CC4)nc4c(C(C)C)cnn34)cc2c1. The van der Waals surface area contributed by atoms with Crippen molar-refractivity contribution in [2.75, 3.05) is 23.3 Å². The number of hydrogen-bond acceptors (Lipinski definition) is 7. The van der Waals surface area contributed by atoms with Crippen molar-refractivity contribution in [3.05, 3.63) is 71.4 Å². The number of hydrogen-bond donors (Lipinski definition) is 3. The number of rotatable bonds is 8. The third-order valence-corrected chi connectivity index (χ3v) is 7.71. The molecule has 0 unspecified atom stereocenters. The van der Waals surface area contributed by atoms with Gasteiger partial charge in [-0.05, 0) is 55.0 Å². The molecule has 206 valence electrons. The summed E-state index contributed by atoms with van der Waals surface area (Å²) in [6.07, 6.45) is 4.21. The molecule has 2 aromatic carbocycles. The molecule has 0 saturated carbocycles. The van der Waals surface area contributed by atoms with Crippen molar-refractivity contribution in [2.45, 2.75) is 58.5 Å². The lowest BCUT2D eigenvalue weighted by atomic mass is 10.0. The first-order valence-corrected chi connectivity index (χ1v) is 14.0. The molecule has 4 N–H and O–H groups in total. The van der Waals surface area contributed by atoms with Crippen LogP contribution in [0, 0.1) is 0 Å². The van der Waals surface area contributed by atoms with E-state index in [0.717, 1.165) is 76.4 Å². The molecule has 6 rings (SSSR count). The smallest absolute Gasteiger partial charge is 0.230 e. The standard InChI is InChI=1S/C31H36N8O/c1-19(2)26-18-34-39-29(26)36-31(38-12-10-24(32)11-13-38)37-30(39)33-17-22-6-4-5-7-25(22)28-16-23-15-21(14-20(3)40)8-9-27(23)35-28/h4-9,15-16,18-19,24,35H,10-14,17,32H2,1-3H3,(H,33,36,37). The lowest BCUT2D eigenvalue weighted by Crippen LogP contribution is -2.40. The van der Waals surface area contributed by atoms with Crippen molar-refractivity contribution in [1.82, 2.24) is 24.6 Å². The highest BCUT2D eigenvalue weighted by Crippen LogP contribution is 2.29. The van der Waals surface area contributed by atoms with Crippen LogP contribution in [0.1, 0.15) is 56.2 Å². The van der Waals surface area contributed by atoms with Crippen LogP contribution in [0.4, 0.5) is 11.9 Å². The van der Waals surface area contributed by atoms with E-state index in [1.54, 1.807) is 6.92 Å². The van der Waals surface area contributed by atoms with Crippen molar-refractivity contribution in [1.29, 1.82) is 0 Å². The van der Waals surface area contributed by atoms with E-state index in [4.69, 9.17) is 15.7 Å². The van der Waals surface area contributed by atoms with E-state index in [-0.39, 0.29) is 11.8 Å². The number of nitrogens with two attached hydrogens (primary N) is 1. The number of anilines is 2. The molecular formula is C31H36N8O. The molecule has 3 aromatic heterocycles. The van der Waals surface area contributed by atoms with E-state index < -0.39 is 0 Å². The predicted octanol–water partition coefficient (Wildman–Crippen LogP) is 5.07. The van der Waals surface area contributed by atoms with E-state index in [0.29, 0.717) is 24.8 Å². The number of carbonyl (C=O) groups excluding carboxylic acids is 1. The summed E-state index contributed by atoms with van der Waals surface area (Å²) in [6, 6.07) is 16.9. The Bertz CT molecular complexity index is 1680. The molecule has 5 aromatic rings. The summed E-state index contributed by atoms with van der Waals surface area (Å²) in [5.41, 5.74) is 13.4. The number of Topliss-reactive ketones (excluding diaryl/α,β-unsaturated/α-hetero) is 1. The number of H-pyrrole nitrogens is 1. The predicted molar refractivity (Wildman–Crippen MR) is 160 cm³/mol. The van der Waals surface area contributed by atoms with Crippen LogP contribution >= 0.6 is 0 Å². The zero-order valence-electron chi connectivity index (χ0n) is 23.3.